The molecule has 4 rings (SSSR count). The summed E-state index contributed by atoms with van der Waals surface area (Å²) in [7, 11) is 0. The fourth-order valence-electron chi connectivity index (χ4n) is 3.30. The van der Waals surface area contributed by atoms with Gasteiger partial charge in [0.25, 0.3) is 5.91 Å². The third-order valence-corrected chi connectivity index (χ3v) is 5.42. The first-order valence-corrected chi connectivity index (χ1v) is 10.5. The number of carbonyl (C=O) groups excluding carboxylic acids is 1. The van der Waals surface area contributed by atoms with Crippen molar-refractivity contribution in [3.63, 3.8) is 0 Å². The number of benzene rings is 2. The molecule has 0 aliphatic carbocycles. The molecule has 0 spiro atoms. The van der Waals surface area contributed by atoms with Crippen molar-refractivity contribution >= 4 is 34.2 Å². The average Bonchev–Trinajstić information content (AvgIpc) is 2.97. The van der Waals surface area contributed by atoms with Gasteiger partial charge in [0.05, 0.1) is 0 Å². The number of carbonyl (C=O) groups is 1. The van der Waals surface area contributed by atoms with E-state index in [1.54, 1.807) is 0 Å². The van der Waals surface area contributed by atoms with Crippen molar-refractivity contribution in [1.82, 2.24) is 14.8 Å². The summed E-state index contributed by atoms with van der Waals surface area (Å²) in [6.07, 6.45) is 4.51. The minimum absolute atomic E-state index is 0.0482. The summed E-state index contributed by atoms with van der Waals surface area (Å²) in [5, 5.41) is 11.6. The minimum atomic E-state index is -0.192. The van der Waals surface area contributed by atoms with E-state index in [0.29, 0.717) is 5.75 Å². The van der Waals surface area contributed by atoms with Crippen molar-refractivity contribution < 1.29 is 9.53 Å². The Morgan fingerprint density at radius 2 is 1.96 bits per heavy atom. The molecule has 1 aliphatic heterocycles. The topological polar surface area (TPSA) is 69.0 Å². The third kappa shape index (κ3) is 4.52. The molecule has 0 bridgehead atoms. The van der Waals surface area contributed by atoms with Gasteiger partial charge in [0.15, 0.2) is 12.4 Å². The molecule has 1 N–H and O–H groups in total. The van der Waals surface area contributed by atoms with E-state index >= 15 is 0 Å². The number of hydrogen-bond donors (Lipinski definition) is 1. The van der Waals surface area contributed by atoms with E-state index in [-0.39, 0.29) is 12.5 Å². The molecule has 0 saturated heterocycles. The summed E-state index contributed by atoms with van der Waals surface area (Å²) in [5.41, 5.74) is 1.71. The Morgan fingerprint density at radius 1 is 1.11 bits per heavy atom. The first kappa shape index (κ1) is 18.9. The number of halogens is 1. The number of hydrogen-bond acceptors (Lipinski definition) is 4. The van der Waals surface area contributed by atoms with Gasteiger partial charge in [0, 0.05) is 27.8 Å². The molecule has 144 valence electrons. The SMILES string of the molecule is O=C(COc1cccc(-c2nnc3n2CCCCC3)c1)Nc1ccc(I)cc1. The molecular formula is C21H21IN4O2. The fourth-order valence-corrected chi connectivity index (χ4v) is 3.66. The maximum absolute atomic E-state index is 12.1. The summed E-state index contributed by atoms with van der Waals surface area (Å²) in [4.78, 5) is 12.1. The lowest BCUT2D eigenvalue weighted by atomic mass is 10.2. The first-order valence-electron chi connectivity index (χ1n) is 9.40. The summed E-state index contributed by atoms with van der Waals surface area (Å²) in [6, 6.07) is 15.3. The highest BCUT2D eigenvalue weighted by molar-refractivity contribution is 14.1. The number of aromatic nitrogens is 3. The first-order chi connectivity index (χ1) is 13.7. The van der Waals surface area contributed by atoms with Crippen molar-refractivity contribution in [2.45, 2.75) is 32.2 Å². The summed E-state index contributed by atoms with van der Waals surface area (Å²) < 4.78 is 9.02. The van der Waals surface area contributed by atoms with Gasteiger partial charge in [-0.2, -0.15) is 0 Å². The summed E-state index contributed by atoms with van der Waals surface area (Å²) in [5.74, 6) is 2.37. The Morgan fingerprint density at radius 3 is 2.82 bits per heavy atom. The van der Waals surface area contributed by atoms with E-state index in [9.17, 15) is 4.79 Å². The second-order valence-electron chi connectivity index (χ2n) is 6.77. The molecule has 1 aliphatic rings. The molecule has 0 unspecified atom stereocenters. The molecule has 1 amide bonds. The number of nitrogens with zero attached hydrogens (tertiary/aromatic N) is 3. The molecule has 7 heteroatoms. The minimum Gasteiger partial charge on any atom is -0.484 e. The van der Waals surface area contributed by atoms with Gasteiger partial charge in [-0.05, 0) is 71.8 Å². The predicted octanol–water partition coefficient (Wildman–Crippen LogP) is 4.29. The number of amides is 1. The van der Waals surface area contributed by atoms with Crippen LogP contribution in [0.3, 0.4) is 0 Å². The molecular weight excluding hydrogens is 467 g/mol. The predicted molar refractivity (Wildman–Crippen MR) is 116 cm³/mol. The highest BCUT2D eigenvalue weighted by Crippen LogP contribution is 2.25. The second kappa shape index (κ2) is 8.72. The van der Waals surface area contributed by atoms with Crippen molar-refractivity contribution in [1.29, 1.82) is 0 Å². The van der Waals surface area contributed by atoms with Crippen LogP contribution in [0.5, 0.6) is 5.75 Å². The van der Waals surface area contributed by atoms with Gasteiger partial charge >= 0.3 is 0 Å². The van der Waals surface area contributed by atoms with Crippen LogP contribution in [0.1, 0.15) is 25.1 Å². The van der Waals surface area contributed by atoms with Crippen molar-refractivity contribution in [3.05, 3.63) is 57.9 Å². The molecule has 28 heavy (non-hydrogen) atoms. The lowest BCUT2D eigenvalue weighted by Crippen LogP contribution is -2.20. The standard InChI is InChI=1S/C21H21IN4O2/c22-16-8-10-17(11-9-16)23-20(27)14-28-18-6-4-5-15(13-18)21-25-24-19-7-2-1-3-12-26(19)21/h4-6,8-11,13H,1-3,7,12,14H2,(H,23,27). The smallest absolute Gasteiger partial charge is 0.262 e. The zero-order valence-corrected chi connectivity index (χ0v) is 17.6. The van der Waals surface area contributed by atoms with E-state index in [0.717, 1.165) is 52.3 Å². The highest BCUT2D eigenvalue weighted by Gasteiger charge is 2.16. The van der Waals surface area contributed by atoms with Gasteiger partial charge in [0.2, 0.25) is 0 Å². The molecule has 3 aromatic rings. The van der Waals surface area contributed by atoms with Crippen molar-refractivity contribution in [3.8, 4) is 17.1 Å². The van der Waals surface area contributed by atoms with Crippen LogP contribution < -0.4 is 10.1 Å². The number of nitrogens with one attached hydrogen (secondary N) is 1. The van der Waals surface area contributed by atoms with Crippen LogP contribution >= 0.6 is 22.6 Å². The van der Waals surface area contributed by atoms with E-state index in [2.05, 4.69) is 42.7 Å². The summed E-state index contributed by atoms with van der Waals surface area (Å²) >= 11 is 2.23. The molecule has 0 radical (unpaired) electrons. The Labute approximate surface area is 177 Å². The van der Waals surface area contributed by atoms with Crippen LogP contribution in [-0.2, 0) is 17.8 Å². The van der Waals surface area contributed by atoms with Crippen LogP contribution in [0.25, 0.3) is 11.4 Å². The highest BCUT2D eigenvalue weighted by atomic mass is 127. The lowest BCUT2D eigenvalue weighted by molar-refractivity contribution is -0.118. The molecule has 0 saturated carbocycles. The zero-order chi connectivity index (χ0) is 19.3. The van der Waals surface area contributed by atoms with Crippen molar-refractivity contribution in [2.24, 2.45) is 0 Å². The number of fused-ring (bicyclic) bond motifs is 1. The van der Waals surface area contributed by atoms with Crippen LogP contribution in [0.15, 0.2) is 48.5 Å². The Hall–Kier alpha value is -2.42. The van der Waals surface area contributed by atoms with Crippen LogP contribution in [-0.4, -0.2) is 27.3 Å². The average molecular weight is 488 g/mol. The number of aryl methyl sites for hydroxylation is 1. The monoisotopic (exact) mass is 488 g/mol. The van der Waals surface area contributed by atoms with E-state index in [4.69, 9.17) is 4.74 Å². The third-order valence-electron chi connectivity index (χ3n) is 4.70. The van der Waals surface area contributed by atoms with Crippen LogP contribution in [0.4, 0.5) is 5.69 Å². The molecule has 2 heterocycles. The zero-order valence-electron chi connectivity index (χ0n) is 15.4. The van der Waals surface area contributed by atoms with Gasteiger partial charge < -0.3 is 14.6 Å². The van der Waals surface area contributed by atoms with Crippen molar-refractivity contribution in [2.75, 3.05) is 11.9 Å². The van der Waals surface area contributed by atoms with Gasteiger partial charge in [-0.25, -0.2) is 0 Å². The Bertz CT molecular complexity index is 969. The van der Waals surface area contributed by atoms with Gasteiger partial charge in [-0.15, -0.1) is 10.2 Å². The van der Waals surface area contributed by atoms with Gasteiger partial charge in [-0.1, -0.05) is 18.6 Å². The maximum Gasteiger partial charge on any atom is 0.262 e. The van der Waals surface area contributed by atoms with Crippen LogP contribution in [0, 0.1) is 3.57 Å². The van der Waals surface area contributed by atoms with Crippen LogP contribution in [0.2, 0.25) is 0 Å². The lowest BCUT2D eigenvalue weighted by Gasteiger charge is -2.10. The normalized spacial score (nSPS) is 13.5. The largest absolute Gasteiger partial charge is 0.484 e. The van der Waals surface area contributed by atoms with E-state index < -0.39 is 0 Å². The molecule has 6 nitrogen and oxygen atoms in total. The molecule has 2 aromatic carbocycles. The Kier molecular flexibility index (Phi) is 5.90. The van der Waals surface area contributed by atoms with E-state index in [1.807, 2.05) is 48.5 Å². The molecule has 0 atom stereocenters. The number of anilines is 1. The summed E-state index contributed by atoms with van der Waals surface area (Å²) in [6.45, 7) is 0.897. The fraction of sp³-hybridized carbons (Fsp3) is 0.286. The molecule has 0 fully saturated rings. The maximum atomic E-state index is 12.1. The number of ether oxygens (including phenoxy) is 1. The van der Waals surface area contributed by atoms with Gasteiger partial charge in [-0.3, -0.25) is 4.79 Å². The quantitative estimate of drug-likeness (QED) is 0.545. The second-order valence-corrected chi connectivity index (χ2v) is 8.02. The van der Waals surface area contributed by atoms with E-state index in [1.165, 1.54) is 6.42 Å². The Balaban J connectivity index is 1.42. The number of rotatable bonds is 5. The van der Waals surface area contributed by atoms with Gasteiger partial charge in [0.1, 0.15) is 11.6 Å². The molecule has 1 aromatic heterocycles.